The first-order valence-corrected chi connectivity index (χ1v) is 17.2. The molecule has 5 aromatic carbocycles. The van der Waals surface area contributed by atoms with Crippen LogP contribution in [0.25, 0.3) is 72.7 Å². The van der Waals surface area contributed by atoms with Crippen molar-refractivity contribution in [3.05, 3.63) is 174 Å². The van der Waals surface area contributed by atoms with Crippen LogP contribution in [-0.2, 0) is 0 Å². The number of pyridine rings is 1. The summed E-state index contributed by atoms with van der Waals surface area (Å²) in [6.45, 7) is 4.51. The van der Waals surface area contributed by atoms with E-state index in [0.29, 0.717) is 12.0 Å². The molecular formula is C47H36N2. The van der Waals surface area contributed by atoms with E-state index in [0.717, 1.165) is 17.5 Å². The molecule has 1 N–H and O–H groups in total. The minimum absolute atomic E-state index is 0.323. The number of aromatic nitrogens is 1. The number of nitrogens with zero attached hydrogens (tertiary/aromatic N) is 1. The third-order valence-corrected chi connectivity index (χ3v) is 10.1. The Morgan fingerprint density at radius 3 is 2.20 bits per heavy atom. The van der Waals surface area contributed by atoms with E-state index in [2.05, 4.69) is 164 Å². The van der Waals surface area contributed by atoms with Crippen LogP contribution in [0.15, 0.2) is 146 Å². The largest absolute Gasteiger partial charge is 0.384 e. The van der Waals surface area contributed by atoms with Crippen LogP contribution in [0.5, 0.6) is 0 Å². The number of nitrogens with one attached hydrogen (secondary N) is 1. The van der Waals surface area contributed by atoms with E-state index in [1.54, 1.807) is 0 Å². The SMILES string of the molecule is CC1C=C(c2ccc3c4c(c5ccccc5c3c2)C=C=C4)C=C(c2ccccc2-c2cc(C3=CNC(C)C=C3)cc(-c3cccnc3)c2)C1. The molecule has 2 heterocycles. The van der Waals surface area contributed by atoms with Crippen LogP contribution >= 0.6 is 0 Å². The average Bonchev–Trinajstić information content (AvgIpc) is 3.66. The molecule has 3 aliphatic rings. The number of allylic oxidation sites excluding steroid dienone is 6. The van der Waals surface area contributed by atoms with Crippen LogP contribution in [-0.4, -0.2) is 11.0 Å². The van der Waals surface area contributed by atoms with Crippen molar-refractivity contribution in [3.8, 4) is 22.3 Å². The van der Waals surface area contributed by atoms with Crippen molar-refractivity contribution in [1.29, 1.82) is 0 Å². The second-order valence-electron chi connectivity index (χ2n) is 13.6. The highest BCUT2D eigenvalue weighted by molar-refractivity contribution is 6.16. The smallest absolute Gasteiger partial charge is 0.0414 e. The summed E-state index contributed by atoms with van der Waals surface area (Å²) < 4.78 is 0. The lowest BCUT2D eigenvalue weighted by atomic mass is 9.82. The predicted molar refractivity (Wildman–Crippen MR) is 208 cm³/mol. The molecule has 9 rings (SSSR count). The van der Waals surface area contributed by atoms with Gasteiger partial charge in [0.25, 0.3) is 0 Å². The Morgan fingerprint density at radius 2 is 1.41 bits per heavy atom. The molecule has 0 amide bonds. The maximum atomic E-state index is 4.44. The van der Waals surface area contributed by atoms with Gasteiger partial charge in [0.15, 0.2) is 0 Å². The van der Waals surface area contributed by atoms with Crippen LogP contribution in [0, 0.1) is 5.92 Å². The standard InChI is InChI=1S/C47H36N2/c1-30-21-35(32-18-19-46-44-15-7-14-43(44)42-12-5-6-13-45(42)47(46)27-32)24-38(22-30)40-10-3-4-11-41(40)39-25-36(33-9-8-20-48-28-33)23-37(26-39)34-17-16-31(2)49-29-34/h3-6,8-21,23-31,49H,22H2,1-2H3. The quantitative estimate of drug-likeness (QED) is 0.152. The van der Waals surface area contributed by atoms with Gasteiger partial charge < -0.3 is 5.32 Å². The van der Waals surface area contributed by atoms with Crippen LogP contribution < -0.4 is 5.32 Å². The van der Waals surface area contributed by atoms with Crippen molar-refractivity contribution < 1.29 is 0 Å². The van der Waals surface area contributed by atoms with Gasteiger partial charge in [-0.25, -0.2) is 0 Å². The van der Waals surface area contributed by atoms with Gasteiger partial charge in [-0.1, -0.05) is 98.0 Å². The van der Waals surface area contributed by atoms with Crippen LogP contribution in [0.2, 0.25) is 0 Å². The normalized spacial score (nSPS) is 17.9. The lowest BCUT2D eigenvalue weighted by molar-refractivity contribution is 0.752. The van der Waals surface area contributed by atoms with Crippen LogP contribution in [0.1, 0.15) is 48.1 Å². The molecule has 2 atom stereocenters. The molecule has 2 aliphatic carbocycles. The Kier molecular flexibility index (Phi) is 7.11. The molecule has 0 bridgehead atoms. The predicted octanol–water partition coefficient (Wildman–Crippen LogP) is 11.8. The second-order valence-corrected chi connectivity index (χ2v) is 13.6. The first kappa shape index (κ1) is 29.2. The van der Waals surface area contributed by atoms with E-state index in [1.807, 2.05) is 18.5 Å². The van der Waals surface area contributed by atoms with Gasteiger partial charge in [-0.05, 0) is 145 Å². The van der Waals surface area contributed by atoms with Gasteiger partial charge in [0, 0.05) is 30.2 Å². The first-order chi connectivity index (χ1) is 24.1. The molecule has 0 radical (unpaired) electrons. The zero-order valence-electron chi connectivity index (χ0n) is 27.7. The molecule has 1 aromatic heterocycles. The Morgan fingerprint density at radius 1 is 0.653 bits per heavy atom. The number of hydrogen-bond acceptors (Lipinski definition) is 2. The number of dihydropyridines is 1. The lowest BCUT2D eigenvalue weighted by Gasteiger charge is -2.23. The summed E-state index contributed by atoms with van der Waals surface area (Å²) in [6.07, 6.45) is 20.5. The van der Waals surface area contributed by atoms with Crippen molar-refractivity contribution in [2.75, 3.05) is 0 Å². The fourth-order valence-electron chi connectivity index (χ4n) is 7.74. The van der Waals surface area contributed by atoms with Crippen LogP contribution in [0.4, 0.5) is 0 Å². The zero-order chi connectivity index (χ0) is 32.9. The molecule has 49 heavy (non-hydrogen) atoms. The molecule has 2 unspecified atom stereocenters. The van der Waals surface area contributed by atoms with Gasteiger partial charge >= 0.3 is 0 Å². The van der Waals surface area contributed by atoms with Crippen molar-refractivity contribution in [3.63, 3.8) is 0 Å². The molecule has 0 saturated carbocycles. The maximum absolute atomic E-state index is 4.44. The molecule has 2 nitrogen and oxygen atoms in total. The molecule has 1 aliphatic heterocycles. The van der Waals surface area contributed by atoms with E-state index < -0.39 is 0 Å². The lowest BCUT2D eigenvalue weighted by Crippen LogP contribution is -2.20. The van der Waals surface area contributed by atoms with Gasteiger partial charge in [0.05, 0.1) is 0 Å². The summed E-state index contributed by atoms with van der Waals surface area (Å²) in [6, 6.07) is 36.1. The summed E-state index contributed by atoms with van der Waals surface area (Å²) in [7, 11) is 0. The summed E-state index contributed by atoms with van der Waals surface area (Å²) in [4.78, 5) is 4.44. The molecule has 0 spiro atoms. The first-order valence-electron chi connectivity index (χ1n) is 17.2. The van der Waals surface area contributed by atoms with Gasteiger partial charge in [0.2, 0.25) is 0 Å². The molecule has 6 aromatic rings. The third kappa shape index (κ3) is 5.28. The Bertz CT molecular complexity index is 2500. The Labute approximate surface area is 287 Å². The molecule has 0 fully saturated rings. The Balaban J connectivity index is 1.16. The number of benzene rings is 5. The van der Waals surface area contributed by atoms with Crippen molar-refractivity contribution >= 4 is 50.4 Å². The maximum Gasteiger partial charge on any atom is 0.0414 e. The minimum atomic E-state index is 0.323. The highest BCUT2D eigenvalue weighted by atomic mass is 14.9. The molecule has 0 saturated heterocycles. The molecule has 2 heteroatoms. The van der Waals surface area contributed by atoms with E-state index >= 15 is 0 Å². The van der Waals surface area contributed by atoms with E-state index in [9.17, 15) is 0 Å². The Hall–Kier alpha value is -5.95. The topological polar surface area (TPSA) is 24.9 Å². The van der Waals surface area contributed by atoms with Gasteiger partial charge in [-0.15, -0.1) is 5.73 Å². The fourth-order valence-corrected chi connectivity index (χ4v) is 7.74. The zero-order valence-corrected chi connectivity index (χ0v) is 27.7. The number of rotatable bonds is 5. The van der Waals surface area contributed by atoms with Crippen molar-refractivity contribution in [1.82, 2.24) is 10.3 Å². The summed E-state index contributed by atoms with van der Waals surface area (Å²) >= 11 is 0. The third-order valence-electron chi connectivity index (χ3n) is 10.1. The number of fused-ring (bicyclic) bond motifs is 6. The van der Waals surface area contributed by atoms with Crippen LogP contribution in [0.3, 0.4) is 0 Å². The highest BCUT2D eigenvalue weighted by Crippen LogP contribution is 2.42. The van der Waals surface area contributed by atoms with Gasteiger partial charge in [-0.3, -0.25) is 4.98 Å². The van der Waals surface area contributed by atoms with Gasteiger partial charge in [-0.2, -0.15) is 0 Å². The summed E-state index contributed by atoms with van der Waals surface area (Å²) in [5.41, 5.74) is 18.2. The molecule has 234 valence electrons. The average molecular weight is 629 g/mol. The summed E-state index contributed by atoms with van der Waals surface area (Å²) in [5, 5.41) is 8.65. The fraction of sp³-hybridized carbons (Fsp3) is 0.106. The molecular weight excluding hydrogens is 593 g/mol. The van der Waals surface area contributed by atoms with Crippen molar-refractivity contribution in [2.24, 2.45) is 5.92 Å². The highest BCUT2D eigenvalue weighted by Gasteiger charge is 2.20. The van der Waals surface area contributed by atoms with E-state index in [-0.39, 0.29) is 0 Å². The summed E-state index contributed by atoms with van der Waals surface area (Å²) in [5.74, 6) is 0.408. The monoisotopic (exact) mass is 628 g/mol. The number of hydrogen-bond donors (Lipinski definition) is 1. The van der Waals surface area contributed by atoms with Crippen molar-refractivity contribution in [2.45, 2.75) is 26.3 Å². The second kappa shape index (κ2) is 11.9. The van der Waals surface area contributed by atoms with E-state index in [4.69, 9.17) is 0 Å². The van der Waals surface area contributed by atoms with E-state index in [1.165, 1.54) is 77.2 Å². The van der Waals surface area contributed by atoms with Gasteiger partial charge in [0.1, 0.15) is 0 Å². The minimum Gasteiger partial charge on any atom is -0.384 e.